The first-order valence-electron chi connectivity index (χ1n) is 28.6. The Bertz CT molecular complexity index is 1970. The maximum absolute atomic E-state index is 14.2. The Labute approximate surface area is 444 Å². The molecule has 0 bridgehead atoms. The van der Waals surface area contributed by atoms with Crippen molar-refractivity contribution in [1.29, 1.82) is 0 Å². The quantitative estimate of drug-likeness (QED) is 0.169. The first-order valence-corrected chi connectivity index (χ1v) is 28.6. The van der Waals surface area contributed by atoms with Crippen LogP contribution in [0.15, 0.2) is 0 Å². The van der Waals surface area contributed by atoms with Crippen LogP contribution in [0.3, 0.4) is 0 Å². The summed E-state index contributed by atoms with van der Waals surface area (Å²) in [7, 11) is 0. The van der Waals surface area contributed by atoms with Crippen LogP contribution in [0.4, 0.5) is 9.59 Å². The highest BCUT2D eigenvalue weighted by Gasteiger charge is 2.71. The zero-order valence-corrected chi connectivity index (χ0v) is 48.2. The Morgan fingerprint density at radius 3 is 1.30 bits per heavy atom. The van der Waals surface area contributed by atoms with Crippen LogP contribution in [0.1, 0.15) is 213 Å². The predicted octanol–water partition coefficient (Wildman–Crippen LogP) is 8.99. The molecule has 2 unspecified atom stereocenters. The summed E-state index contributed by atoms with van der Waals surface area (Å²) in [5, 5.41) is 21.7. The third-order valence-electron chi connectivity index (χ3n) is 17.7. The van der Waals surface area contributed by atoms with Gasteiger partial charge in [0.05, 0.1) is 18.7 Å². The molecule has 0 aromatic heterocycles. The van der Waals surface area contributed by atoms with E-state index in [0.717, 1.165) is 115 Å². The molecule has 6 rings (SSSR count). The molecule has 6 fully saturated rings. The topological polar surface area (TPSA) is 213 Å². The second-order valence-corrected chi connectivity index (χ2v) is 27.6. The molecule has 10 atom stereocenters. The van der Waals surface area contributed by atoms with E-state index in [4.69, 9.17) is 9.47 Å². The number of alkyl carbamates (subject to hydrolysis) is 2. The van der Waals surface area contributed by atoms with Gasteiger partial charge in [-0.2, -0.15) is 0 Å². The van der Waals surface area contributed by atoms with Crippen molar-refractivity contribution in [3.05, 3.63) is 0 Å². The smallest absolute Gasteiger partial charge is 0.408 e. The van der Waals surface area contributed by atoms with Gasteiger partial charge in [0.15, 0.2) is 0 Å². The van der Waals surface area contributed by atoms with E-state index in [9.17, 15) is 38.7 Å². The molecule has 16 heteroatoms. The zero-order valence-electron chi connectivity index (χ0n) is 48.2. The van der Waals surface area contributed by atoms with E-state index in [2.05, 4.69) is 49.0 Å². The molecule has 6 amide bonds. The highest BCUT2D eigenvalue weighted by atomic mass is 16.6. The van der Waals surface area contributed by atoms with Crippen LogP contribution in [0, 0.1) is 45.3 Å². The van der Waals surface area contributed by atoms with E-state index < -0.39 is 64.4 Å². The van der Waals surface area contributed by atoms with E-state index in [-0.39, 0.29) is 70.8 Å². The van der Waals surface area contributed by atoms with Gasteiger partial charge in [0.25, 0.3) is 0 Å². The molecule has 422 valence electrons. The number of amides is 6. The van der Waals surface area contributed by atoms with Gasteiger partial charge in [0.2, 0.25) is 23.6 Å². The molecule has 4 saturated heterocycles. The highest BCUT2D eigenvalue weighted by Crippen LogP contribution is 2.66. The third kappa shape index (κ3) is 15.6. The molecule has 4 heterocycles. The summed E-state index contributed by atoms with van der Waals surface area (Å²) in [6, 6.07) is -3.74. The lowest BCUT2D eigenvalue weighted by molar-refractivity contribution is -0.144. The van der Waals surface area contributed by atoms with Crippen molar-refractivity contribution in [3.8, 4) is 0 Å². The first kappa shape index (κ1) is 60.9. The summed E-state index contributed by atoms with van der Waals surface area (Å²) in [6.07, 6.45) is 17.4. The lowest BCUT2D eigenvalue weighted by Crippen LogP contribution is -2.60. The number of hydrogen-bond donors (Lipinski definition) is 5. The largest absolute Gasteiger partial charge is 0.444 e. The fraction of sp³-hybridized carbons (Fsp3) is 0.879. The molecule has 5 N–H and O–H groups in total. The average Bonchev–Trinajstić information content (AvgIpc) is 3.73. The number of rotatable bonds is 4. The van der Waals surface area contributed by atoms with Crippen LogP contribution in [0.25, 0.3) is 0 Å². The van der Waals surface area contributed by atoms with Crippen molar-refractivity contribution in [1.82, 2.24) is 31.1 Å². The minimum Gasteiger partial charge on any atom is -0.444 e. The number of nitrogens with one attached hydrogen (secondary N) is 4. The van der Waals surface area contributed by atoms with Gasteiger partial charge < -0.3 is 50.4 Å². The molecule has 0 spiro atoms. The van der Waals surface area contributed by atoms with Crippen molar-refractivity contribution in [2.45, 2.75) is 260 Å². The number of piperidine rings is 2. The summed E-state index contributed by atoms with van der Waals surface area (Å²) in [6.45, 7) is 28.3. The Kier molecular flexibility index (Phi) is 20.2. The number of aldehydes is 1. The van der Waals surface area contributed by atoms with E-state index >= 15 is 0 Å². The molecule has 0 aromatic rings. The number of carbonyl (C=O) groups is 7. The Morgan fingerprint density at radius 1 is 0.581 bits per heavy atom. The highest BCUT2D eigenvalue weighted by molar-refractivity contribution is 5.95. The van der Waals surface area contributed by atoms with Gasteiger partial charge in [-0.3, -0.25) is 19.2 Å². The van der Waals surface area contributed by atoms with Gasteiger partial charge in [0, 0.05) is 13.1 Å². The van der Waals surface area contributed by atoms with Gasteiger partial charge in [0.1, 0.15) is 41.7 Å². The number of carbonyl (C=O) groups excluding carboxylic acids is 7. The average molecular weight is 1040 g/mol. The van der Waals surface area contributed by atoms with Crippen LogP contribution in [0.5, 0.6) is 0 Å². The van der Waals surface area contributed by atoms with Crippen molar-refractivity contribution in [2.75, 3.05) is 19.7 Å². The van der Waals surface area contributed by atoms with Crippen molar-refractivity contribution in [3.63, 3.8) is 0 Å². The molecule has 4 aliphatic heterocycles. The van der Waals surface area contributed by atoms with E-state index in [1.165, 1.54) is 0 Å². The SMILES string of the molecule is CC(C)(C)OC(=O)N[C@@H]1C(=O)N2CC3[C@@H]([C@H]2C(=O)N[C@H](C=O)CCCCCCCCCC1(C)C)C3(C)C.CC(C)(C)OC(=O)N[C@@H]1C(=O)N2CC3[C@@H]([C@H]2C(=O)N[C@H](CO)CCCCCCCCCC1(C)C)C3(C)C. The molecule has 16 nitrogen and oxygen atoms in total. The van der Waals surface area contributed by atoms with Crippen LogP contribution in [0.2, 0.25) is 0 Å². The normalized spacial score (nSPS) is 32.9. The predicted molar refractivity (Wildman–Crippen MR) is 287 cm³/mol. The van der Waals surface area contributed by atoms with Crippen LogP contribution in [-0.4, -0.2) is 124 Å². The Balaban J connectivity index is 0.000000274. The first-order chi connectivity index (χ1) is 34.4. The molecular formula is C58H100N6O10. The number of aliphatic hydroxyl groups excluding tert-OH is 1. The van der Waals surface area contributed by atoms with E-state index in [1.54, 1.807) is 51.3 Å². The summed E-state index contributed by atoms with van der Waals surface area (Å²) in [4.78, 5) is 96.4. The second-order valence-electron chi connectivity index (χ2n) is 27.6. The Morgan fingerprint density at radius 2 is 0.932 bits per heavy atom. The summed E-state index contributed by atoms with van der Waals surface area (Å²) < 4.78 is 11.1. The van der Waals surface area contributed by atoms with E-state index in [0.29, 0.717) is 19.5 Å². The molecule has 74 heavy (non-hydrogen) atoms. The second kappa shape index (κ2) is 24.6. The zero-order chi connectivity index (χ0) is 55.2. The van der Waals surface area contributed by atoms with Gasteiger partial charge in [-0.15, -0.1) is 0 Å². The maximum atomic E-state index is 14.2. The monoisotopic (exact) mass is 1040 g/mol. The summed E-state index contributed by atoms with van der Waals surface area (Å²) >= 11 is 0. The molecule has 0 radical (unpaired) electrons. The lowest BCUT2D eigenvalue weighted by Gasteiger charge is -2.39. The summed E-state index contributed by atoms with van der Waals surface area (Å²) in [5.41, 5.74) is -2.49. The van der Waals surface area contributed by atoms with Gasteiger partial charge in [-0.05, 0) is 113 Å². The number of nitrogens with zero attached hydrogens (tertiary/aromatic N) is 2. The molecule has 6 aliphatic rings. The van der Waals surface area contributed by atoms with Gasteiger partial charge in [-0.1, -0.05) is 145 Å². The van der Waals surface area contributed by atoms with Gasteiger partial charge >= 0.3 is 12.2 Å². The number of hydrogen-bond acceptors (Lipinski definition) is 10. The number of aliphatic hydroxyl groups is 1. The summed E-state index contributed by atoms with van der Waals surface area (Å²) in [5.74, 6) is -0.340. The fourth-order valence-electron chi connectivity index (χ4n) is 12.9. The molecular weight excluding hydrogens is 941 g/mol. The lowest BCUT2D eigenvalue weighted by atomic mass is 9.78. The molecule has 2 aliphatic carbocycles. The van der Waals surface area contributed by atoms with E-state index in [1.807, 2.05) is 27.7 Å². The van der Waals surface area contributed by atoms with Crippen molar-refractivity contribution >= 4 is 42.1 Å². The van der Waals surface area contributed by atoms with Crippen molar-refractivity contribution in [2.24, 2.45) is 45.3 Å². The number of ether oxygens (including phenoxy) is 2. The molecule has 2 saturated carbocycles. The fourth-order valence-corrected chi connectivity index (χ4v) is 12.9. The molecule has 0 aromatic carbocycles. The standard InChI is InChI=1S/C29H51N3O5.C29H49N3O5/c2*1-27(2,3)37-26(36)31-23-25(35)32-17-20-21(29(20,6)7)22(32)24(34)30-19(18-33)15-13-11-9-8-10-12-14-16-28(23,4)5/h19-23,33H,8-18H2,1-7H3,(H,30,34)(H,31,36);18-23H,8-17H2,1-7H3,(H,30,34)(H,31,36)/t2*19-,20?,21-,22-,23+/m00/s1. The van der Waals surface area contributed by atoms with Crippen LogP contribution < -0.4 is 21.3 Å². The number of fused-ring (bicyclic) bond motifs is 6. The van der Waals surface area contributed by atoms with Crippen molar-refractivity contribution < 1.29 is 48.1 Å². The minimum atomic E-state index is -0.823. The maximum Gasteiger partial charge on any atom is 0.408 e. The Hall–Kier alpha value is -3.95. The minimum absolute atomic E-state index is 0.0180. The van der Waals surface area contributed by atoms with Crippen LogP contribution in [-0.2, 0) is 33.4 Å². The van der Waals surface area contributed by atoms with Crippen LogP contribution >= 0.6 is 0 Å². The third-order valence-corrected chi connectivity index (χ3v) is 17.7. The van der Waals surface area contributed by atoms with Gasteiger partial charge in [-0.25, -0.2) is 9.59 Å².